The Morgan fingerprint density at radius 3 is 2.46 bits per heavy atom. The van der Waals surface area contributed by atoms with Crippen molar-refractivity contribution in [1.82, 2.24) is 15.8 Å². The molecule has 0 spiro atoms. The number of H-pyrrole nitrogens is 1. The van der Waals surface area contributed by atoms with Crippen LogP contribution in [0.25, 0.3) is 10.9 Å². The second-order valence-corrected chi connectivity index (χ2v) is 9.05. The number of amides is 1. The van der Waals surface area contributed by atoms with Gasteiger partial charge >= 0.3 is 0 Å². The van der Waals surface area contributed by atoms with E-state index in [9.17, 15) is 4.79 Å². The van der Waals surface area contributed by atoms with Crippen molar-refractivity contribution in [3.63, 3.8) is 0 Å². The lowest BCUT2D eigenvalue weighted by atomic mass is 9.79. The number of rotatable bonds is 11. The number of hydroxylamine groups is 1. The Morgan fingerprint density at radius 2 is 1.76 bits per heavy atom. The molecule has 4 N–H and O–H groups in total. The fraction of sp³-hybridized carbons (Fsp3) is 0.233. The van der Waals surface area contributed by atoms with Crippen LogP contribution in [0.4, 0.5) is 0 Å². The molecule has 2 unspecified atom stereocenters. The molecule has 4 aromatic rings. The van der Waals surface area contributed by atoms with Crippen molar-refractivity contribution in [1.29, 1.82) is 0 Å². The average Bonchev–Trinajstić information content (AvgIpc) is 3.32. The number of aromatic nitrogens is 1. The topological polar surface area (TPSA) is 95.6 Å². The van der Waals surface area contributed by atoms with Gasteiger partial charge in [-0.2, -0.15) is 0 Å². The highest BCUT2D eigenvalue weighted by molar-refractivity contribution is 5.85. The molecular formula is C30H29N3O4. The Bertz CT molecular complexity index is 1430. The summed E-state index contributed by atoms with van der Waals surface area (Å²) in [7, 11) is 1.66. The summed E-state index contributed by atoms with van der Waals surface area (Å²) in [5.74, 6) is 6.36. The first-order valence-electron chi connectivity index (χ1n) is 12.2. The first kappa shape index (κ1) is 24.4. The minimum atomic E-state index is -0.487. The van der Waals surface area contributed by atoms with E-state index in [1.54, 1.807) is 12.6 Å². The Morgan fingerprint density at radius 1 is 1.00 bits per heavy atom. The zero-order chi connectivity index (χ0) is 25.6. The normalized spacial score (nSPS) is 15.9. The predicted molar refractivity (Wildman–Crippen MR) is 141 cm³/mol. The van der Waals surface area contributed by atoms with Crippen molar-refractivity contribution >= 4 is 16.8 Å². The number of methoxy groups -OCH3 is 1. The summed E-state index contributed by atoms with van der Waals surface area (Å²) >= 11 is 0. The third-order valence-corrected chi connectivity index (χ3v) is 6.66. The van der Waals surface area contributed by atoms with Crippen LogP contribution >= 0.6 is 0 Å². The van der Waals surface area contributed by atoms with E-state index in [-0.39, 0.29) is 5.92 Å². The summed E-state index contributed by atoms with van der Waals surface area (Å²) in [6.45, 7) is 2.08. The van der Waals surface area contributed by atoms with E-state index < -0.39 is 11.8 Å². The summed E-state index contributed by atoms with van der Waals surface area (Å²) in [6.07, 6.45) is 2.95. The maximum Gasteiger partial charge on any atom is 0.260 e. The maximum absolute atomic E-state index is 11.6. The molecular weight excluding hydrogens is 466 g/mol. The largest absolute Gasteiger partial charge is 0.497 e. The molecule has 188 valence electrons. The van der Waals surface area contributed by atoms with E-state index in [2.05, 4.69) is 40.5 Å². The number of nitrogens with one attached hydrogen (secondary N) is 3. The van der Waals surface area contributed by atoms with Crippen LogP contribution in [0, 0.1) is 17.8 Å². The number of aromatic amines is 1. The molecule has 1 heterocycles. The SMILES string of the molecule is COc1ccc(COc2ccc3[nH]cc(CCNCc4ccc(C5C#CC5C(=O)NO)cc4)c3c2)cc1. The van der Waals surface area contributed by atoms with Crippen LogP contribution < -0.4 is 20.3 Å². The van der Waals surface area contributed by atoms with Crippen molar-refractivity contribution in [2.45, 2.75) is 25.5 Å². The first-order valence-corrected chi connectivity index (χ1v) is 12.2. The van der Waals surface area contributed by atoms with Crippen LogP contribution in [0.2, 0.25) is 0 Å². The van der Waals surface area contributed by atoms with Gasteiger partial charge in [0.15, 0.2) is 0 Å². The molecule has 0 bridgehead atoms. The molecule has 3 aromatic carbocycles. The fourth-order valence-electron chi connectivity index (χ4n) is 4.45. The second-order valence-electron chi connectivity index (χ2n) is 9.05. The molecule has 1 amide bonds. The van der Waals surface area contributed by atoms with Gasteiger partial charge in [0.1, 0.15) is 24.0 Å². The lowest BCUT2D eigenvalue weighted by Crippen LogP contribution is -2.34. The third-order valence-electron chi connectivity index (χ3n) is 6.66. The summed E-state index contributed by atoms with van der Waals surface area (Å²) in [5, 5.41) is 13.5. The predicted octanol–water partition coefficient (Wildman–Crippen LogP) is 4.31. The Kier molecular flexibility index (Phi) is 7.41. The van der Waals surface area contributed by atoms with Gasteiger partial charge in [-0.15, -0.1) is 0 Å². The van der Waals surface area contributed by atoms with Gasteiger partial charge in [-0.1, -0.05) is 48.2 Å². The van der Waals surface area contributed by atoms with Crippen LogP contribution in [0.15, 0.2) is 72.9 Å². The van der Waals surface area contributed by atoms with Gasteiger partial charge < -0.3 is 19.8 Å². The summed E-state index contributed by atoms with van der Waals surface area (Å²) in [5.41, 5.74) is 7.25. The quantitative estimate of drug-likeness (QED) is 0.108. The summed E-state index contributed by atoms with van der Waals surface area (Å²) in [4.78, 5) is 15.0. The van der Waals surface area contributed by atoms with Crippen LogP contribution in [0.1, 0.15) is 28.2 Å². The van der Waals surface area contributed by atoms with Crippen molar-refractivity contribution in [3.8, 4) is 23.3 Å². The lowest BCUT2D eigenvalue weighted by molar-refractivity contribution is -0.132. The van der Waals surface area contributed by atoms with Crippen molar-refractivity contribution in [3.05, 3.63) is 95.2 Å². The van der Waals surface area contributed by atoms with Crippen LogP contribution in [0.5, 0.6) is 11.5 Å². The number of hydrogen-bond donors (Lipinski definition) is 4. The molecule has 0 saturated heterocycles. The molecule has 1 aliphatic carbocycles. The molecule has 5 rings (SSSR count). The standard InChI is InChI=1S/C30H29N3O4/c1-36-24-8-4-21(5-9-24)19-37-25-10-13-29-28(16-25)23(18-32-29)14-15-31-17-20-2-6-22(7-3-20)26-11-12-27(26)30(34)33-35/h2-10,13,16,18,26-27,31-32,35H,14-15,17,19H2,1H3,(H,33,34). The molecule has 1 aliphatic rings. The molecule has 7 nitrogen and oxygen atoms in total. The number of carbonyl (C=O) groups excluding carboxylic acids is 1. The Hall–Kier alpha value is -4.25. The van der Waals surface area contributed by atoms with Gasteiger partial charge in [0.2, 0.25) is 0 Å². The fourth-order valence-corrected chi connectivity index (χ4v) is 4.45. The summed E-state index contributed by atoms with van der Waals surface area (Å²) < 4.78 is 11.2. The first-order chi connectivity index (χ1) is 18.1. The van der Waals surface area contributed by atoms with E-state index >= 15 is 0 Å². The highest BCUT2D eigenvalue weighted by Crippen LogP contribution is 2.30. The highest BCUT2D eigenvalue weighted by atomic mass is 16.5. The van der Waals surface area contributed by atoms with Crippen molar-refractivity contribution in [2.75, 3.05) is 13.7 Å². The van der Waals surface area contributed by atoms with Crippen molar-refractivity contribution < 1.29 is 19.5 Å². The third kappa shape index (κ3) is 5.61. The number of hydrogen-bond acceptors (Lipinski definition) is 5. The van der Waals surface area contributed by atoms with Gasteiger partial charge in [0.25, 0.3) is 5.91 Å². The Balaban J connectivity index is 1.12. The van der Waals surface area contributed by atoms with Crippen LogP contribution in [0.3, 0.4) is 0 Å². The molecule has 2 atom stereocenters. The smallest absolute Gasteiger partial charge is 0.260 e. The second kappa shape index (κ2) is 11.2. The molecule has 0 aliphatic heterocycles. The van der Waals surface area contributed by atoms with Gasteiger partial charge in [0, 0.05) is 23.6 Å². The van der Waals surface area contributed by atoms with Gasteiger partial charge in [-0.25, -0.2) is 5.48 Å². The van der Waals surface area contributed by atoms with E-state index in [1.807, 2.05) is 54.6 Å². The average molecular weight is 496 g/mol. The molecule has 37 heavy (non-hydrogen) atoms. The van der Waals surface area contributed by atoms with E-state index in [0.29, 0.717) is 6.61 Å². The maximum atomic E-state index is 11.6. The Labute approximate surface area is 215 Å². The number of fused-ring (bicyclic) bond motifs is 1. The van der Waals surface area contributed by atoms with Crippen LogP contribution in [-0.4, -0.2) is 29.8 Å². The summed E-state index contributed by atoms with van der Waals surface area (Å²) in [6, 6.07) is 22.1. The minimum absolute atomic E-state index is 0.166. The number of benzene rings is 3. The number of ether oxygens (including phenoxy) is 2. The van der Waals surface area contributed by atoms with Gasteiger partial charge in [0.05, 0.1) is 13.0 Å². The zero-order valence-corrected chi connectivity index (χ0v) is 20.6. The number of carbonyl (C=O) groups is 1. The van der Waals surface area contributed by atoms with E-state index in [0.717, 1.165) is 53.2 Å². The van der Waals surface area contributed by atoms with E-state index in [4.69, 9.17) is 14.7 Å². The minimum Gasteiger partial charge on any atom is -0.497 e. The molecule has 0 fully saturated rings. The highest BCUT2D eigenvalue weighted by Gasteiger charge is 2.31. The van der Waals surface area contributed by atoms with Gasteiger partial charge in [-0.3, -0.25) is 10.0 Å². The lowest BCUT2D eigenvalue weighted by Gasteiger charge is -2.23. The molecule has 1 aromatic heterocycles. The monoisotopic (exact) mass is 495 g/mol. The van der Waals surface area contributed by atoms with Gasteiger partial charge in [-0.05, 0) is 65.6 Å². The molecule has 0 radical (unpaired) electrons. The van der Waals surface area contributed by atoms with Crippen LogP contribution in [-0.2, 0) is 24.4 Å². The zero-order valence-electron chi connectivity index (χ0n) is 20.6. The van der Waals surface area contributed by atoms with E-state index in [1.165, 1.54) is 10.9 Å². The van der Waals surface area contributed by atoms with Crippen molar-refractivity contribution in [2.24, 2.45) is 5.92 Å². The molecule has 7 heteroatoms. The molecule has 0 saturated carbocycles.